The molecular weight excluding hydrogens is 436 g/mol. The number of H-pyrrole nitrogens is 1. The van der Waals surface area contributed by atoms with Gasteiger partial charge in [0.15, 0.2) is 0 Å². The molecule has 0 saturated carbocycles. The molecule has 6 nitrogen and oxygen atoms in total. The number of para-hydroxylation sites is 1. The number of carbonyl (C=O) groups excluding carboxylic acids is 1. The van der Waals surface area contributed by atoms with E-state index in [1.165, 1.54) is 5.56 Å². The fourth-order valence-corrected chi connectivity index (χ4v) is 4.73. The van der Waals surface area contributed by atoms with Crippen molar-refractivity contribution in [2.24, 2.45) is 0 Å². The Morgan fingerprint density at radius 1 is 0.971 bits per heavy atom. The molecule has 0 atom stereocenters. The minimum Gasteiger partial charge on any atom is -0.381 e. The first kappa shape index (κ1) is 22.9. The third kappa shape index (κ3) is 4.70. The molecule has 1 aliphatic rings. The zero-order valence-electron chi connectivity index (χ0n) is 20.4. The maximum Gasteiger partial charge on any atom is 0.253 e. The van der Waals surface area contributed by atoms with Crippen LogP contribution in [0.15, 0.2) is 71.5 Å². The molecule has 3 aromatic carbocycles. The lowest BCUT2D eigenvalue weighted by Crippen LogP contribution is -2.35. The van der Waals surface area contributed by atoms with Crippen molar-refractivity contribution in [3.8, 4) is 0 Å². The smallest absolute Gasteiger partial charge is 0.253 e. The van der Waals surface area contributed by atoms with E-state index in [0.717, 1.165) is 51.9 Å². The van der Waals surface area contributed by atoms with E-state index >= 15 is 0 Å². The number of hydrogen-bond acceptors (Lipinski definition) is 4. The third-order valence-corrected chi connectivity index (χ3v) is 6.48. The lowest BCUT2D eigenvalue weighted by Gasteiger charge is -2.27. The second kappa shape index (κ2) is 9.39. The fraction of sp³-hybridized carbons (Fsp3) is 0.241. The zero-order valence-corrected chi connectivity index (χ0v) is 20.4. The maximum atomic E-state index is 13.4. The van der Waals surface area contributed by atoms with Gasteiger partial charge in [0, 0.05) is 23.3 Å². The van der Waals surface area contributed by atoms with Gasteiger partial charge in [0.1, 0.15) is 0 Å². The summed E-state index contributed by atoms with van der Waals surface area (Å²) >= 11 is 0. The molecule has 1 aliphatic heterocycles. The first-order chi connectivity index (χ1) is 16.9. The summed E-state index contributed by atoms with van der Waals surface area (Å²) in [6, 6.07) is 22.3. The van der Waals surface area contributed by atoms with Crippen molar-refractivity contribution in [3.05, 3.63) is 99.3 Å². The molecular formula is C29H30N4O2. The molecule has 0 fully saturated rings. The van der Waals surface area contributed by atoms with Gasteiger partial charge in [-0.25, -0.2) is 0 Å². The van der Waals surface area contributed by atoms with Gasteiger partial charge >= 0.3 is 0 Å². The van der Waals surface area contributed by atoms with Gasteiger partial charge in [0.25, 0.3) is 5.56 Å². The van der Waals surface area contributed by atoms with Crippen LogP contribution in [0.3, 0.4) is 0 Å². The van der Waals surface area contributed by atoms with Crippen LogP contribution in [0, 0.1) is 6.92 Å². The molecule has 0 radical (unpaired) electrons. The molecule has 0 aliphatic carbocycles. The summed E-state index contributed by atoms with van der Waals surface area (Å²) in [4.78, 5) is 32.8. The number of pyridine rings is 1. The molecule has 5 rings (SSSR count). The Bertz CT molecular complexity index is 1470. The zero-order chi connectivity index (χ0) is 24.5. The maximum absolute atomic E-state index is 13.4. The average molecular weight is 467 g/mol. The largest absolute Gasteiger partial charge is 0.381 e. The number of carbonyl (C=O) groups is 1. The number of anilines is 3. The van der Waals surface area contributed by atoms with Crippen LogP contribution in [-0.2, 0) is 24.2 Å². The molecule has 1 aromatic heterocycles. The van der Waals surface area contributed by atoms with Gasteiger partial charge in [-0.3, -0.25) is 14.5 Å². The topological polar surface area (TPSA) is 68.4 Å². The summed E-state index contributed by atoms with van der Waals surface area (Å²) in [6.45, 7) is 2.72. The Balaban J connectivity index is 1.48. The molecule has 1 amide bonds. The van der Waals surface area contributed by atoms with E-state index < -0.39 is 0 Å². The average Bonchev–Trinajstić information content (AvgIpc) is 2.99. The van der Waals surface area contributed by atoms with Crippen molar-refractivity contribution >= 4 is 33.9 Å². The van der Waals surface area contributed by atoms with E-state index in [0.29, 0.717) is 18.7 Å². The third-order valence-electron chi connectivity index (χ3n) is 6.48. The number of fused-ring (bicyclic) bond motifs is 3. The lowest BCUT2D eigenvalue weighted by molar-refractivity contribution is -0.118. The van der Waals surface area contributed by atoms with Crippen molar-refractivity contribution in [3.63, 3.8) is 0 Å². The number of aromatic amines is 1. The highest BCUT2D eigenvalue weighted by molar-refractivity contribution is 6.03. The minimum atomic E-state index is -0.0953. The van der Waals surface area contributed by atoms with Gasteiger partial charge in [-0.15, -0.1) is 0 Å². The summed E-state index contributed by atoms with van der Waals surface area (Å²) < 4.78 is 0. The Morgan fingerprint density at radius 2 is 1.74 bits per heavy atom. The number of nitrogens with one attached hydrogen (secondary N) is 2. The van der Waals surface area contributed by atoms with E-state index in [4.69, 9.17) is 0 Å². The van der Waals surface area contributed by atoms with E-state index in [1.54, 1.807) is 0 Å². The molecule has 0 saturated heterocycles. The Hall–Kier alpha value is -3.90. The molecule has 0 bridgehead atoms. The number of amides is 1. The standard InChI is InChI=1S/C29H30N4O2/c1-19-8-9-22-15-23(29(35)31-25(22)14-19)17-30-24-13-12-21-11-10-20-6-4-5-7-26(20)33(27(21)16-24)28(34)18-32(2)3/h4-9,12-16,30H,10-11,17-18H2,1-3H3,(H,31,35). The first-order valence-corrected chi connectivity index (χ1v) is 11.9. The van der Waals surface area contributed by atoms with Crippen LogP contribution in [0.1, 0.15) is 22.3 Å². The number of aromatic nitrogens is 1. The normalized spacial score (nSPS) is 12.9. The second-order valence-electron chi connectivity index (χ2n) is 9.51. The molecule has 2 N–H and O–H groups in total. The lowest BCUT2D eigenvalue weighted by atomic mass is 10.0. The van der Waals surface area contributed by atoms with Crippen molar-refractivity contribution in [2.45, 2.75) is 26.3 Å². The minimum absolute atomic E-state index is 0.0315. The van der Waals surface area contributed by atoms with Crippen molar-refractivity contribution < 1.29 is 4.79 Å². The van der Waals surface area contributed by atoms with Gasteiger partial charge in [-0.05, 0) is 86.3 Å². The van der Waals surface area contributed by atoms with Crippen LogP contribution >= 0.6 is 0 Å². The molecule has 6 heteroatoms. The predicted molar refractivity (Wildman–Crippen MR) is 143 cm³/mol. The fourth-order valence-electron chi connectivity index (χ4n) is 4.73. The van der Waals surface area contributed by atoms with Gasteiger partial charge < -0.3 is 15.2 Å². The second-order valence-corrected chi connectivity index (χ2v) is 9.51. The summed E-state index contributed by atoms with van der Waals surface area (Å²) in [5.41, 5.74) is 7.54. The monoisotopic (exact) mass is 466 g/mol. The molecule has 178 valence electrons. The number of rotatable bonds is 5. The summed E-state index contributed by atoms with van der Waals surface area (Å²) in [5.74, 6) is 0.0315. The summed E-state index contributed by atoms with van der Waals surface area (Å²) in [7, 11) is 3.81. The van der Waals surface area contributed by atoms with Crippen LogP contribution in [0.5, 0.6) is 0 Å². The highest BCUT2D eigenvalue weighted by Crippen LogP contribution is 2.37. The first-order valence-electron chi connectivity index (χ1n) is 11.9. The highest BCUT2D eigenvalue weighted by atomic mass is 16.2. The van der Waals surface area contributed by atoms with Gasteiger partial charge in [-0.2, -0.15) is 0 Å². The Morgan fingerprint density at radius 3 is 2.54 bits per heavy atom. The Labute approximate surface area is 205 Å². The highest BCUT2D eigenvalue weighted by Gasteiger charge is 2.26. The van der Waals surface area contributed by atoms with Crippen LogP contribution in [0.25, 0.3) is 10.9 Å². The van der Waals surface area contributed by atoms with E-state index in [9.17, 15) is 9.59 Å². The summed E-state index contributed by atoms with van der Waals surface area (Å²) in [6.07, 6.45) is 1.75. The van der Waals surface area contributed by atoms with Crippen molar-refractivity contribution in [2.75, 3.05) is 30.9 Å². The molecule has 0 unspecified atom stereocenters. The van der Waals surface area contributed by atoms with E-state index in [-0.39, 0.29) is 11.5 Å². The SMILES string of the molecule is Cc1ccc2cc(CNc3ccc4c(c3)N(C(=O)CN(C)C)c3ccccc3CC4)c(=O)[nH]c2c1. The van der Waals surface area contributed by atoms with Crippen LogP contribution in [0.2, 0.25) is 0 Å². The van der Waals surface area contributed by atoms with Crippen LogP contribution in [0.4, 0.5) is 17.1 Å². The molecule has 2 heterocycles. The number of likely N-dealkylation sites (N-methyl/N-ethyl adjacent to an activating group) is 1. The number of benzene rings is 3. The molecule has 4 aromatic rings. The number of aryl methyl sites for hydroxylation is 3. The van der Waals surface area contributed by atoms with Gasteiger partial charge in [0.05, 0.1) is 17.9 Å². The summed E-state index contributed by atoms with van der Waals surface area (Å²) in [5, 5.41) is 4.41. The van der Waals surface area contributed by atoms with Crippen molar-refractivity contribution in [1.82, 2.24) is 9.88 Å². The molecule has 35 heavy (non-hydrogen) atoms. The quantitative estimate of drug-likeness (QED) is 0.444. The number of nitrogens with zero attached hydrogens (tertiary/aromatic N) is 2. The van der Waals surface area contributed by atoms with Gasteiger partial charge in [-0.1, -0.05) is 36.4 Å². The van der Waals surface area contributed by atoms with Crippen molar-refractivity contribution in [1.29, 1.82) is 0 Å². The number of hydrogen-bond donors (Lipinski definition) is 2. The molecule has 0 spiro atoms. The van der Waals surface area contributed by atoms with Crippen LogP contribution < -0.4 is 15.8 Å². The van der Waals surface area contributed by atoms with E-state index in [1.807, 2.05) is 85.4 Å². The van der Waals surface area contributed by atoms with E-state index in [2.05, 4.69) is 22.4 Å². The Kier molecular flexibility index (Phi) is 6.14. The predicted octanol–water partition coefficient (Wildman–Crippen LogP) is 4.77. The van der Waals surface area contributed by atoms with Crippen LogP contribution in [-0.4, -0.2) is 36.4 Å². The van der Waals surface area contributed by atoms with Gasteiger partial charge in [0.2, 0.25) is 5.91 Å².